The first-order chi connectivity index (χ1) is 10.9. The number of rotatable bonds is 7. The molecule has 2 rings (SSSR count). The number of amides is 2. The lowest BCUT2D eigenvalue weighted by Crippen LogP contribution is -2.32. The second-order valence-corrected chi connectivity index (χ2v) is 5.32. The number of carbonyl (C=O) groups excluding carboxylic acids is 3. The normalized spacial score (nSPS) is 13.2. The summed E-state index contributed by atoms with van der Waals surface area (Å²) in [5, 5.41) is 9.00. The van der Waals surface area contributed by atoms with Crippen molar-refractivity contribution in [3.05, 3.63) is 34.9 Å². The van der Waals surface area contributed by atoms with Crippen LogP contribution in [0.5, 0.6) is 0 Å². The maximum absolute atomic E-state index is 12.2. The number of nitrogens with zero attached hydrogens (tertiary/aromatic N) is 1. The van der Waals surface area contributed by atoms with Crippen LogP contribution in [0.3, 0.4) is 0 Å². The van der Waals surface area contributed by atoms with Gasteiger partial charge in [0, 0.05) is 12.8 Å². The molecule has 0 unspecified atom stereocenters. The van der Waals surface area contributed by atoms with Gasteiger partial charge in [-0.1, -0.05) is 23.6 Å². The van der Waals surface area contributed by atoms with E-state index in [1.54, 1.807) is 19.1 Å². The van der Waals surface area contributed by atoms with Crippen molar-refractivity contribution in [1.82, 2.24) is 5.06 Å². The predicted octanol–water partition coefficient (Wildman–Crippen LogP) is 2.08. The Morgan fingerprint density at radius 2 is 1.78 bits per heavy atom. The van der Waals surface area contributed by atoms with Crippen molar-refractivity contribution in [2.24, 2.45) is 0 Å². The van der Waals surface area contributed by atoms with Crippen molar-refractivity contribution in [2.75, 3.05) is 0 Å². The molecule has 0 fully saturated rings. The Bertz CT molecular complexity index is 667. The summed E-state index contributed by atoms with van der Waals surface area (Å²) < 4.78 is 0. The number of fused-ring (bicyclic) bond motifs is 1. The highest BCUT2D eigenvalue weighted by atomic mass is 16.7. The summed E-state index contributed by atoms with van der Waals surface area (Å²) in [5.74, 6) is -2.85. The maximum Gasteiger partial charge on any atom is 0.333 e. The second kappa shape index (κ2) is 7.04. The number of hydroxylamine groups is 2. The average molecular weight is 319 g/mol. The molecule has 7 nitrogen and oxygen atoms in total. The Balaban J connectivity index is 1.88. The number of aryl methyl sites for hydroxylation is 1. The molecule has 0 radical (unpaired) electrons. The van der Waals surface area contributed by atoms with Gasteiger partial charge in [0.1, 0.15) is 0 Å². The number of imide groups is 1. The van der Waals surface area contributed by atoms with Crippen LogP contribution in [0.15, 0.2) is 18.2 Å². The molecule has 1 aromatic carbocycles. The quantitative estimate of drug-likeness (QED) is 0.610. The molecule has 0 bridgehead atoms. The number of hydrogen-bond acceptors (Lipinski definition) is 5. The lowest BCUT2D eigenvalue weighted by atomic mass is 10.0. The number of benzene rings is 1. The molecular weight excluding hydrogens is 302 g/mol. The van der Waals surface area contributed by atoms with Gasteiger partial charge < -0.3 is 9.94 Å². The van der Waals surface area contributed by atoms with Gasteiger partial charge >= 0.3 is 11.9 Å². The van der Waals surface area contributed by atoms with E-state index in [-0.39, 0.29) is 24.0 Å². The molecule has 7 heteroatoms. The fourth-order valence-electron chi connectivity index (χ4n) is 2.39. The summed E-state index contributed by atoms with van der Waals surface area (Å²) in [6.45, 7) is 1.71. The van der Waals surface area contributed by atoms with E-state index in [0.29, 0.717) is 29.9 Å². The van der Waals surface area contributed by atoms with E-state index in [4.69, 9.17) is 9.94 Å². The van der Waals surface area contributed by atoms with E-state index in [1.165, 1.54) is 6.07 Å². The summed E-state index contributed by atoms with van der Waals surface area (Å²) in [6, 6.07) is 4.88. The highest BCUT2D eigenvalue weighted by Crippen LogP contribution is 2.26. The molecule has 1 N–H and O–H groups in total. The van der Waals surface area contributed by atoms with Crippen LogP contribution in [0.2, 0.25) is 0 Å². The van der Waals surface area contributed by atoms with Crippen LogP contribution in [0.25, 0.3) is 0 Å². The number of hydrogen-bond donors (Lipinski definition) is 1. The fraction of sp³-hybridized carbons (Fsp3) is 0.375. The zero-order valence-corrected chi connectivity index (χ0v) is 12.7. The Kier molecular flexibility index (Phi) is 5.10. The minimum absolute atomic E-state index is 0.0198. The summed E-state index contributed by atoms with van der Waals surface area (Å²) in [7, 11) is 0. The summed E-state index contributed by atoms with van der Waals surface area (Å²) >= 11 is 0. The minimum Gasteiger partial charge on any atom is -0.481 e. The molecular formula is C16H17NO6. The van der Waals surface area contributed by atoms with E-state index in [0.717, 1.165) is 0 Å². The molecule has 0 aromatic heterocycles. The SMILES string of the molecule is Cc1cccc2c1C(=O)N(OC(=O)CCCCCC(=O)O)C2=O. The Morgan fingerprint density at radius 1 is 1.09 bits per heavy atom. The van der Waals surface area contributed by atoms with Crippen LogP contribution in [-0.4, -0.2) is 33.9 Å². The van der Waals surface area contributed by atoms with E-state index >= 15 is 0 Å². The van der Waals surface area contributed by atoms with Gasteiger partial charge in [-0.25, -0.2) is 4.79 Å². The van der Waals surface area contributed by atoms with Gasteiger partial charge in [0.05, 0.1) is 11.1 Å². The molecule has 2 amide bonds. The van der Waals surface area contributed by atoms with Gasteiger partial charge in [0.25, 0.3) is 11.8 Å². The molecule has 1 aliphatic heterocycles. The average Bonchev–Trinajstić information content (AvgIpc) is 2.73. The standard InChI is InChI=1S/C16H17NO6/c1-10-6-5-7-11-14(10)16(22)17(15(11)21)23-13(20)9-4-2-3-8-12(18)19/h5-7H,2-4,8-9H2,1H3,(H,18,19). The van der Waals surface area contributed by atoms with Gasteiger partial charge in [-0.3, -0.25) is 14.4 Å². The highest BCUT2D eigenvalue weighted by Gasteiger charge is 2.39. The molecule has 0 saturated heterocycles. The van der Waals surface area contributed by atoms with Crippen molar-refractivity contribution in [3.63, 3.8) is 0 Å². The van der Waals surface area contributed by atoms with Crippen LogP contribution in [0.1, 0.15) is 58.4 Å². The zero-order valence-electron chi connectivity index (χ0n) is 12.7. The third kappa shape index (κ3) is 3.74. The molecule has 122 valence electrons. The first-order valence-corrected chi connectivity index (χ1v) is 7.33. The topological polar surface area (TPSA) is 101 Å². The minimum atomic E-state index is -0.881. The van der Waals surface area contributed by atoms with Crippen molar-refractivity contribution >= 4 is 23.8 Å². The number of unbranched alkanes of at least 4 members (excludes halogenated alkanes) is 2. The van der Waals surface area contributed by atoms with Gasteiger partial charge in [-0.15, -0.1) is 0 Å². The van der Waals surface area contributed by atoms with Crippen LogP contribution in [0.4, 0.5) is 0 Å². The zero-order chi connectivity index (χ0) is 17.0. The molecule has 1 aromatic rings. The molecule has 1 heterocycles. The smallest absolute Gasteiger partial charge is 0.333 e. The van der Waals surface area contributed by atoms with Gasteiger partial charge in [0.2, 0.25) is 0 Å². The fourth-order valence-corrected chi connectivity index (χ4v) is 2.39. The predicted molar refractivity (Wildman–Crippen MR) is 78.5 cm³/mol. The van der Waals surface area contributed by atoms with Crippen molar-refractivity contribution in [3.8, 4) is 0 Å². The van der Waals surface area contributed by atoms with E-state index in [1.807, 2.05) is 0 Å². The van der Waals surface area contributed by atoms with E-state index < -0.39 is 23.8 Å². The van der Waals surface area contributed by atoms with Crippen LogP contribution < -0.4 is 0 Å². The monoisotopic (exact) mass is 319 g/mol. The lowest BCUT2D eigenvalue weighted by molar-refractivity contribution is -0.168. The van der Waals surface area contributed by atoms with Crippen molar-refractivity contribution in [2.45, 2.75) is 39.0 Å². The Labute approximate surface area is 132 Å². The molecule has 1 aliphatic rings. The van der Waals surface area contributed by atoms with Crippen LogP contribution in [-0.2, 0) is 14.4 Å². The Morgan fingerprint density at radius 3 is 2.43 bits per heavy atom. The largest absolute Gasteiger partial charge is 0.481 e. The summed E-state index contributed by atoms with van der Waals surface area (Å²) in [4.78, 5) is 51.3. The van der Waals surface area contributed by atoms with Crippen molar-refractivity contribution < 1.29 is 29.1 Å². The first-order valence-electron chi connectivity index (χ1n) is 7.33. The summed E-state index contributed by atoms with van der Waals surface area (Å²) in [5.41, 5.74) is 1.13. The Hall–Kier alpha value is -2.70. The molecule has 0 saturated carbocycles. The maximum atomic E-state index is 12.2. The van der Waals surface area contributed by atoms with E-state index in [9.17, 15) is 19.2 Å². The highest BCUT2D eigenvalue weighted by molar-refractivity contribution is 6.21. The third-order valence-corrected chi connectivity index (χ3v) is 3.55. The number of aliphatic carboxylic acids is 1. The van der Waals surface area contributed by atoms with Gasteiger partial charge in [-0.2, -0.15) is 0 Å². The van der Waals surface area contributed by atoms with E-state index in [2.05, 4.69) is 0 Å². The van der Waals surface area contributed by atoms with Crippen LogP contribution >= 0.6 is 0 Å². The number of carboxylic acids is 1. The van der Waals surface area contributed by atoms with Crippen LogP contribution in [0, 0.1) is 6.92 Å². The second-order valence-electron chi connectivity index (χ2n) is 5.32. The van der Waals surface area contributed by atoms with Gasteiger partial charge in [0.15, 0.2) is 0 Å². The van der Waals surface area contributed by atoms with Crippen molar-refractivity contribution in [1.29, 1.82) is 0 Å². The number of carboxylic acid groups (broad SMARTS) is 1. The molecule has 0 spiro atoms. The molecule has 23 heavy (non-hydrogen) atoms. The van der Waals surface area contributed by atoms with Gasteiger partial charge in [-0.05, 0) is 31.4 Å². The molecule has 0 aliphatic carbocycles. The number of carbonyl (C=O) groups is 4. The first kappa shape index (κ1) is 16.7. The third-order valence-electron chi connectivity index (χ3n) is 3.55. The lowest BCUT2D eigenvalue weighted by Gasteiger charge is -2.12. The molecule has 0 atom stereocenters. The summed E-state index contributed by atoms with van der Waals surface area (Å²) in [6.07, 6.45) is 1.53.